The van der Waals surface area contributed by atoms with Gasteiger partial charge >= 0.3 is 0 Å². The highest BCUT2D eigenvalue weighted by molar-refractivity contribution is 6.35. The van der Waals surface area contributed by atoms with E-state index in [0.717, 1.165) is 19.4 Å². The third-order valence-corrected chi connectivity index (χ3v) is 3.05. The fourth-order valence-electron chi connectivity index (χ4n) is 1.36. The molecule has 0 heterocycles. The summed E-state index contributed by atoms with van der Waals surface area (Å²) in [6.45, 7) is 2.82. The number of ether oxygens (including phenoxy) is 1. The molecule has 1 aromatic carbocycles. The van der Waals surface area contributed by atoms with Gasteiger partial charge in [-0.2, -0.15) is 0 Å². The van der Waals surface area contributed by atoms with E-state index in [0.29, 0.717) is 15.8 Å². The first-order valence-corrected chi connectivity index (χ1v) is 6.62. The first-order chi connectivity index (χ1) is 8.54. The van der Waals surface area contributed by atoms with Gasteiger partial charge in [-0.1, -0.05) is 36.5 Å². The van der Waals surface area contributed by atoms with Crippen molar-refractivity contribution in [3.8, 4) is 5.75 Å². The second-order valence-electron chi connectivity index (χ2n) is 4.03. The Morgan fingerprint density at radius 2 is 2.11 bits per heavy atom. The van der Waals surface area contributed by atoms with Crippen LogP contribution < -0.4 is 4.74 Å². The van der Waals surface area contributed by atoms with Crippen LogP contribution in [0.5, 0.6) is 5.75 Å². The highest BCUT2D eigenvalue weighted by Gasteiger charge is 2.10. The Bertz CT molecular complexity index is 410. The summed E-state index contributed by atoms with van der Waals surface area (Å²) < 4.78 is 5.37. The summed E-state index contributed by atoms with van der Waals surface area (Å²) in [6.07, 6.45) is 2.05. The Hall–Kier alpha value is -0.930. The first kappa shape index (κ1) is 15.1. The molecule has 0 radical (unpaired) electrons. The molecule has 0 atom stereocenters. The Kier molecular flexibility index (Phi) is 6.30. The van der Waals surface area contributed by atoms with Gasteiger partial charge < -0.3 is 9.64 Å². The van der Waals surface area contributed by atoms with E-state index in [1.54, 1.807) is 30.1 Å². The van der Waals surface area contributed by atoms with Gasteiger partial charge in [-0.05, 0) is 24.6 Å². The molecule has 0 saturated heterocycles. The number of hydrogen-bond acceptors (Lipinski definition) is 2. The van der Waals surface area contributed by atoms with Crippen LogP contribution in [0, 0.1) is 0 Å². The van der Waals surface area contributed by atoms with Crippen molar-refractivity contribution in [2.45, 2.75) is 19.8 Å². The van der Waals surface area contributed by atoms with Gasteiger partial charge in [0.1, 0.15) is 5.75 Å². The average molecular weight is 290 g/mol. The van der Waals surface area contributed by atoms with Crippen molar-refractivity contribution in [2.75, 3.05) is 20.2 Å². The number of carbonyl (C=O) groups excluding carboxylic acids is 1. The highest BCUT2D eigenvalue weighted by Crippen LogP contribution is 2.27. The standard InChI is InChI=1S/C13H17Cl2NO2/c1-3-4-7-16(2)13(17)9-18-12-6-5-10(14)8-11(12)15/h5-6,8H,3-4,7,9H2,1-2H3. The zero-order chi connectivity index (χ0) is 13.5. The van der Waals surface area contributed by atoms with Crippen molar-refractivity contribution >= 4 is 29.1 Å². The van der Waals surface area contributed by atoms with Crippen LogP contribution in [-0.4, -0.2) is 31.0 Å². The van der Waals surface area contributed by atoms with E-state index >= 15 is 0 Å². The number of benzene rings is 1. The molecule has 5 heteroatoms. The molecular weight excluding hydrogens is 273 g/mol. The van der Waals surface area contributed by atoms with Crippen LogP contribution >= 0.6 is 23.2 Å². The Morgan fingerprint density at radius 3 is 2.72 bits per heavy atom. The quantitative estimate of drug-likeness (QED) is 0.800. The number of hydrogen-bond donors (Lipinski definition) is 0. The molecule has 0 aliphatic heterocycles. The zero-order valence-electron chi connectivity index (χ0n) is 10.6. The lowest BCUT2D eigenvalue weighted by Gasteiger charge is -2.17. The van der Waals surface area contributed by atoms with Gasteiger partial charge in [0.05, 0.1) is 5.02 Å². The maximum atomic E-state index is 11.7. The molecule has 0 bridgehead atoms. The maximum absolute atomic E-state index is 11.7. The molecule has 0 spiro atoms. The lowest BCUT2D eigenvalue weighted by Crippen LogP contribution is -2.32. The lowest BCUT2D eigenvalue weighted by atomic mass is 10.3. The van der Waals surface area contributed by atoms with Crippen LogP contribution in [0.1, 0.15) is 19.8 Å². The minimum Gasteiger partial charge on any atom is -0.482 e. The van der Waals surface area contributed by atoms with Crippen LogP contribution in [0.25, 0.3) is 0 Å². The van der Waals surface area contributed by atoms with E-state index in [4.69, 9.17) is 27.9 Å². The molecule has 0 aliphatic carbocycles. The van der Waals surface area contributed by atoms with Gasteiger partial charge in [0, 0.05) is 18.6 Å². The number of rotatable bonds is 6. The molecule has 3 nitrogen and oxygen atoms in total. The predicted octanol–water partition coefficient (Wildman–Crippen LogP) is 3.63. The smallest absolute Gasteiger partial charge is 0.260 e. The van der Waals surface area contributed by atoms with Gasteiger partial charge in [0.25, 0.3) is 5.91 Å². The first-order valence-electron chi connectivity index (χ1n) is 5.86. The van der Waals surface area contributed by atoms with E-state index < -0.39 is 0 Å². The second-order valence-corrected chi connectivity index (χ2v) is 4.88. The van der Waals surface area contributed by atoms with Crippen LogP contribution in [0.15, 0.2) is 18.2 Å². The van der Waals surface area contributed by atoms with Crippen molar-refractivity contribution in [1.29, 1.82) is 0 Å². The summed E-state index contributed by atoms with van der Waals surface area (Å²) >= 11 is 11.7. The summed E-state index contributed by atoms with van der Waals surface area (Å²) in [5, 5.41) is 0.949. The van der Waals surface area contributed by atoms with E-state index in [2.05, 4.69) is 6.92 Å². The fraction of sp³-hybridized carbons (Fsp3) is 0.462. The summed E-state index contributed by atoms with van der Waals surface area (Å²) in [5.41, 5.74) is 0. The van der Waals surface area contributed by atoms with Gasteiger partial charge in [-0.3, -0.25) is 4.79 Å². The van der Waals surface area contributed by atoms with E-state index in [1.165, 1.54) is 0 Å². The Balaban J connectivity index is 2.47. The molecule has 0 fully saturated rings. The third-order valence-electron chi connectivity index (χ3n) is 2.52. The van der Waals surface area contributed by atoms with Crippen molar-refractivity contribution in [3.63, 3.8) is 0 Å². The second kappa shape index (κ2) is 7.49. The number of unbranched alkanes of at least 4 members (excludes halogenated alkanes) is 1. The van der Waals surface area contributed by atoms with E-state index in [-0.39, 0.29) is 12.5 Å². The van der Waals surface area contributed by atoms with E-state index in [9.17, 15) is 4.79 Å². The number of likely N-dealkylation sites (N-methyl/N-ethyl adjacent to an activating group) is 1. The molecule has 0 N–H and O–H groups in total. The summed E-state index contributed by atoms with van der Waals surface area (Å²) in [5.74, 6) is 0.410. The zero-order valence-corrected chi connectivity index (χ0v) is 12.1. The monoisotopic (exact) mass is 289 g/mol. The predicted molar refractivity (Wildman–Crippen MR) is 74.5 cm³/mol. The molecule has 1 aromatic rings. The number of amides is 1. The number of carbonyl (C=O) groups is 1. The summed E-state index contributed by atoms with van der Waals surface area (Å²) in [7, 11) is 1.77. The molecule has 100 valence electrons. The topological polar surface area (TPSA) is 29.5 Å². The molecule has 0 aliphatic rings. The normalized spacial score (nSPS) is 10.2. The van der Waals surface area contributed by atoms with Crippen LogP contribution in [0.3, 0.4) is 0 Å². The van der Waals surface area contributed by atoms with Gasteiger partial charge in [0.15, 0.2) is 6.61 Å². The highest BCUT2D eigenvalue weighted by atomic mass is 35.5. The molecule has 0 unspecified atom stereocenters. The van der Waals surface area contributed by atoms with Crippen molar-refractivity contribution in [3.05, 3.63) is 28.2 Å². The van der Waals surface area contributed by atoms with Gasteiger partial charge in [-0.25, -0.2) is 0 Å². The third kappa shape index (κ3) is 4.75. The van der Waals surface area contributed by atoms with Crippen molar-refractivity contribution in [2.24, 2.45) is 0 Å². The average Bonchev–Trinajstić information content (AvgIpc) is 2.34. The minimum atomic E-state index is -0.0607. The van der Waals surface area contributed by atoms with Crippen molar-refractivity contribution < 1.29 is 9.53 Å². The molecule has 0 aromatic heterocycles. The Morgan fingerprint density at radius 1 is 1.39 bits per heavy atom. The Labute approximate surface area is 118 Å². The molecule has 1 amide bonds. The van der Waals surface area contributed by atoms with Crippen LogP contribution in [-0.2, 0) is 4.79 Å². The lowest BCUT2D eigenvalue weighted by molar-refractivity contribution is -0.132. The van der Waals surface area contributed by atoms with E-state index in [1.807, 2.05) is 0 Å². The molecular formula is C13H17Cl2NO2. The van der Waals surface area contributed by atoms with Gasteiger partial charge in [-0.15, -0.1) is 0 Å². The van der Waals surface area contributed by atoms with Gasteiger partial charge in [0.2, 0.25) is 0 Å². The SMILES string of the molecule is CCCCN(C)C(=O)COc1ccc(Cl)cc1Cl. The number of nitrogens with zero attached hydrogens (tertiary/aromatic N) is 1. The minimum absolute atomic E-state index is 0.0123. The van der Waals surface area contributed by atoms with Crippen LogP contribution in [0.2, 0.25) is 10.0 Å². The molecule has 0 saturated carbocycles. The summed E-state index contributed by atoms with van der Waals surface area (Å²) in [4.78, 5) is 13.4. The van der Waals surface area contributed by atoms with Crippen LogP contribution in [0.4, 0.5) is 0 Å². The van der Waals surface area contributed by atoms with Crippen molar-refractivity contribution in [1.82, 2.24) is 4.90 Å². The molecule has 18 heavy (non-hydrogen) atoms. The molecule has 1 rings (SSSR count). The fourth-order valence-corrected chi connectivity index (χ4v) is 1.82. The maximum Gasteiger partial charge on any atom is 0.260 e. The summed E-state index contributed by atoms with van der Waals surface area (Å²) in [6, 6.07) is 4.92. The largest absolute Gasteiger partial charge is 0.482 e. The number of halogens is 2.